The van der Waals surface area contributed by atoms with E-state index < -0.39 is 0 Å². The Kier molecular flexibility index (Phi) is 6.29. The zero-order chi connectivity index (χ0) is 24.4. The largest absolute Gasteiger partial charge is 0.366 e. The maximum atomic E-state index is 12.3. The molecule has 7 nitrogen and oxygen atoms in total. The maximum absolute atomic E-state index is 12.3. The molecule has 0 aliphatic rings. The van der Waals surface area contributed by atoms with Crippen LogP contribution in [0.3, 0.4) is 0 Å². The fraction of sp³-hybridized carbons (Fsp3) is 0.115. The number of anilines is 1. The van der Waals surface area contributed by atoms with Crippen molar-refractivity contribution in [2.75, 3.05) is 5.32 Å². The number of amides is 1. The number of aromatic nitrogens is 4. The number of nitrogens with zero attached hydrogens (tertiary/aromatic N) is 4. The Labute approximate surface area is 209 Å². The molecule has 2 N–H and O–H groups in total. The molecule has 35 heavy (non-hydrogen) atoms. The van der Waals surface area contributed by atoms with Crippen LogP contribution in [0, 0.1) is 0 Å². The van der Waals surface area contributed by atoms with Crippen LogP contribution in [0.4, 0.5) is 5.82 Å². The predicted octanol–water partition coefficient (Wildman–Crippen LogP) is 3.19. The van der Waals surface area contributed by atoms with Gasteiger partial charge in [-0.2, -0.15) is 9.61 Å². The van der Waals surface area contributed by atoms with Crippen LogP contribution in [-0.4, -0.2) is 32.9 Å². The minimum Gasteiger partial charge on any atom is -0.366 e. The molecule has 3 aromatic heterocycles. The lowest BCUT2D eigenvalue weighted by atomic mass is 10.0. The first-order chi connectivity index (χ1) is 17.0. The second kappa shape index (κ2) is 9.68. The van der Waals surface area contributed by atoms with Gasteiger partial charge in [0.25, 0.3) is 5.91 Å². The Balaban J connectivity index is 1.30. The van der Waals surface area contributed by atoms with Gasteiger partial charge in [0, 0.05) is 49.2 Å². The number of benzene rings is 2. The molecule has 3 heterocycles. The van der Waals surface area contributed by atoms with Gasteiger partial charge in [0.2, 0.25) is 0 Å². The van der Waals surface area contributed by atoms with Crippen LogP contribution in [0.15, 0.2) is 79.1 Å². The molecule has 0 unspecified atom stereocenters. The maximum Gasteiger partial charge on any atom is 0.268 e. The topological polar surface area (TPSA) is 76.2 Å². The van der Waals surface area contributed by atoms with Crippen LogP contribution in [0.1, 0.15) is 21.6 Å². The van der Waals surface area contributed by atoms with Crippen molar-refractivity contribution in [2.45, 2.75) is 13.1 Å². The number of carbonyl (C=O) groups is 1. The molecular formula is C26H24BClN6O. The first-order valence-corrected chi connectivity index (χ1v) is 11.7. The molecule has 5 aromatic rings. The van der Waals surface area contributed by atoms with Gasteiger partial charge < -0.3 is 15.2 Å². The number of carbonyl (C=O) groups excluding carboxylic acids is 1. The van der Waals surface area contributed by atoms with Crippen molar-refractivity contribution in [3.05, 3.63) is 101 Å². The van der Waals surface area contributed by atoms with Crippen molar-refractivity contribution in [3.63, 3.8) is 0 Å². The average molecular weight is 483 g/mol. The Hall–Kier alpha value is -4.04. The number of aryl methyl sites for hydroxylation is 1. The third-order valence-electron chi connectivity index (χ3n) is 5.92. The van der Waals surface area contributed by atoms with E-state index in [1.807, 2.05) is 80.3 Å². The van der Waals surface area contributed by atoms with E-state index in [1.165, 1.54) is 0 Å². The summed E-state index contributed by atoms with van der Waals surface area (Å²) in [5.41, 5.74) is 6.22. The third-order valence-corrected chi connectivity index (χ3v) is 6.25. The molecule has 174 valence electrons. The Morgan fingerprint density at radius 2 is 1.77 bits per heavy atom. The quantitative estimate of drug-likeness (QED) is 0.349. The molecular weight excluding hydrogens is 459 g/mol. The van der Waals surface area contributed by atoms with E-state index in [-0.39, 0.29) is 5.91 Å². The summed E-state index contributed by atoms with van der Waals surface area (Å²) in [5, 5.41) is 11.6. The van der Waals surface area contributed by atoms with Gasteiger partial charge in [-0.3, -0.25) is 4.79 Å². The average Bonchev–Trinajstić information content (AvgIpc) is 3.47. The van der Waals surface area contributed by atoms with Gasteiger partial charge in [-0.1, -0.05) is 54.1 Å². The van der Waals surface area contributed by atoms with E-state index in [0.29, 0.717) is 23.8 Å². The lowest BCUT2D eigenvalue weighted by Gasteiger charge is -2.12. The molecule has 2 aromatic carbocycles. The first-order valence-electron chi connectivity index (χ1n) is 11.3. The minimum atomic E-state index is -0.0891. The minimum absolute atomic E-state index is 0.0891. The van der Waals surface area contributed by atoms with E-state index >= 15 is 0 Å². The van der Waals surface area contributed by atoms with Crippen molar-refractivity contribution in [1.29, 1.82) is 0 Å². The van der Waals surface area contributed by atoms with E-state index in [4.69, 9.17) is 16.6 Å². The van der Waals surface area contributed by atoms with Crippen LogP contribution >= 0.6 is 11.6 Å². The summed E-state index contributed by atoms with van der Waals surface area (Å²) in [4.78, 5) is 17.1. The summed E-state index contributed by atoms with van der Waals surface area (Å²) >= 11 is 6.44. The fourth-order valence-electron chi connectivity index (χ4n) is 3.94. The van der Waals surface area contributed by atoms with Gasteiger partial charge in [0.15, 0.2) is 5.65 Å². The van der Waals surface area contributed by atoms with E-state index in [2.05, 4.69) is 27.9 Å². The molecule has 0 aliphatic carbocycles. The molecule has 5 rings (SSSR count). The fourth-order valence-corrected chi connectivity index (χ4v) is 4.18. The molecule has 0 fully saturated rings. The molecule has 9 heteroatoms. The zero-order valence-electron chi connectivity index (χ0n) is 19.5. The summed E-state index contributed by atoms with van der Waals surface area (Å²) in [7, 11) is 3.85. The molecule has 1 amide bonds. The number of nitrogens with one attached hydrogen (secondary N) is 2. The lowest BCUT2D eigenvalue weighted by molar-refractivity contribution is 0.0943. The van der Waals surface area contributed by atoms with Gasteiger partial charge >= 0.3 is 0 Å². The van der Waals surface area contributed by atoms with Crippen molar-refractivity contribution >= 4 is 42.3 Å². The third kappa shape index (κ3) is 4.79. The Morgan fingerprint density at radius 1 is 1.03 bits per heavy atom. The van der Waals surface area contributed by atoms with Gasteiger partial charge in [-0.25, -0.2) is 4.98 Å². The first kappa shape index (κ1) is 22.7. The van der Waals surface area contributed by atoms with Gasteiger partial charge in [-0.15, -0.1) is 0 Å². The van der Waals surface area contributed by atoms with Crippen LogP contribution in [-0.2, 0) is 20.1 Å². The Bertz CT molecular complexity index is 1510. The normalized spacial score (nSPS) is 11.0. The summed E-state index contributed by atoms with van der Waals surface area (Å²) in [5.74, 6) is 0.741. The molecule has 0 saturated heterocycles. The second-order valence-electron chi connectivity index (χ2n) is 8.43. The summed E-state index contributed by atoms with van der Waals surface area (Å²) in [6.45, 7) is 1.08. The molecule has 0 bridgehead atoms. The summed E-state index contributed by atoms with van der Waals surface area (Å²) in [6, 6.07) is 21.5. The SMILES string of the molecule is Bc1cnn2c(NCc3ccc(CNC(=O)c4cccn4C)cc3)cc(-c3ccccc3Cl)nc12. The highest BCUT2D eigenvalue weighted by atomic mass is 35.5. The molecule has 0 radical (unpaired) electrons. The zero-order valence-corrected chi connectivity index (χ0v) is 20.3. The molecule has 0 atom stereocenters. The van der Waals surface area contributed by atoms with Gasteiger partial charge in [-0.05, 0) is 34.8 Å². The number of hydrogen-bond donors (Lipinski definition) is 2. The highest BCUT2D eigenvalue weighted by molar-refractivity contribution is 6.36. The number of fused-ring (bicyclic) bond motifs is 1. The predicted molar refractivity (Wildman–Crippen MR) is 142 cm³/mol. The van der Waals surface area contributed by atoms with Crippen molar-refractivity contribution in [3.8, 4) is 11.3 Å². The summed E-state index contributed by atoms with van der Waals surface area (Å²) < 4.78 is 3.61. The van der Waals surface area contributed by atoms with Crippen LogP contribution in [0.5, 0.6) is 0 Å². The highest BCUT2D eigenvalue weighted by Gasteiger charge is 2.13. The van der Waals surface area contributed by atoms with E-state index in [0.717, 1.165) is 39.3 Å². The van der Waals surface area contributed by atoms with Crippen molar-refractivity contribution in [1.82, 2.24) is 24.5 Å². The standard InChI is InChI=1S/C26H24BClN6O/c1-33-12-4-7-23(33)26(35)30-15-18-10-8-17(9-11-18)14-29-24-13-22(19-5-2-3-6-21(19)28)32-25-20(27)16-31-34(24)25/h2-13,16,29H,14-15,27H2,1H3,(H,30,35). The second-order valence-corrected chi connectivity index (χ2v) is 8.83. The smallest absolute Gasteiger partial charge is 0.268 e. The van der Waals surface area contributed by atoms with Crippen LogP contribution in [0.25, 0.3) is 16.9 Å². The van der Waals surface area contributed by atoms with Gasteiger partial charge in [0.1, 0.15) is 19.4 Å². The van der Waals surface area contributed by atoms with Crippen LogP contribution < -0.4 is 16.1 Å². The number of hydrogen-bond acceptors (Lipinski definition) is 4. The molecule has 0 saturated carbocycles. The van der Waals surface area contributed by atoms with E-state index in [1.54, 1.807) is 10.6 Å². The highest BCUT2D eigenvalue weighted by Crippen LogP contribution is 2.28. The molecule has 0 spiro atoms. The summed E-state index contributed by atoms with van der Waals surface area (Å²) in [6.07, 6.45) is 3.66. The Morgan fingerprint density at radius 3 is 2.49 bits per heavy atom. The molecule has 0 aliphatic heterocycles. The lowest BCUT2D eigenvalue weighted by Crippen LogP contribution is -2.24. The van der Waals surface area contributed by atoms with Crippen LogP contribution in [0.2, 0.25) is 5.02 Å². The van der Waals surface area contributed by atoms with Gasteiger partial charge in [0.05, 0.1) is 5.69 Å². The number of rotatable bonds is 7. The monoisotopic (exact) mass is 482 g/mol. The van der Waals surface area contributed by atoms with E-state index in [9.17, 15) is 4.79 Å². The van der Waals surface area contributed by atoms with Crippen molar-refractivity contribution < 1.29 is 4.79 Å². The van der Waals surface area contributed by atoms with Crippen molar-refractivity contribution in [2.24, 2.45) is 7.05 Å². The number of halogens is 1.